The van der Waals surface area contributed by atoms with Gasteiger partial charge >= 0.3 is 5.97 Å². The lowest BCUT2D eigenvalue weighted by Crippen LogP contribution is -2.57. The third-order valence-corrected chi connectivity index (χ3v) is 7.52. The summed E-state index contributed by atoms with van der Waals surface area (Å²) in [6, 6.07) is 7.41. The molecule has 33 heavy (non-hydrogen) atoms. The molecule has 0 aromatic heterocycles. The summed E-state index contributed by atoms with van der Waals surface area (Å²) in [5.41, 5.74) is 3.49. The van der Waals surface area contributed by atoms with E-state index in [1.165, 1.54) is 35.4 Å². The second-order valence-corrected chi connectivity index (χ2v) is 9.79. The molecule has 1 unspecified atom stereocenters. The number of fused-ring (bicyclic) bond motifs is 1. The smallest absolute Gasteiger partial charge is 0.311 e. The van der Waals surface area contributed by atoms with Gasteiger partial charge in [-0.15, -0.1) is 6.58 Å². The molecule has 0 radical (unpaired) electrons. The molecule has 180 valence electrons. The highest BCUT2D eigenvalue weighted by atomic mass is 16.7. The maximum Gasteiger partial charge on any atom is 0.311 e. The zero-order valence-corrected chi connectivity index (χ0v) is 20.2. The van der Waals surface area contributed by atoms with Crippen LogP contribution in [0, 0.1) is 5.92 Å². The number of rotatable bonds is 7. The van der Waals surface area contributed by atoms with E-state index < -0.39 is 11.5 Å². The molecule has 0 bridgehead atoms. The molecule has 2 saturated heterocycles. The monoisotopic (exact) mass is 455 g/mol. The number of carbonyl (C=O) groups excluding carboxylic acids is 2. The molecule has 7 nitrogen and oxygen atoms in total. The Balaban J connectivity index is 1.46. The highest BCUT2D eigenvalue weighted by molar-refractivity contribution is 5.88. The van der Waals surface area contributed by atoms with Gasteiger partial charge in [-0.3, -0.25) is 19.3 Å². The summed E-state index contributed by atoms with van der Waals surface area (Å²) in [6.45, 7) is 12.0. The minimum atomic E-state index is -0.642. The van der Waals surface area contributed by atoms with Gasteiger partial charge in [0.15, 0.2) is 0 Å². The van der Waals surface area contributed by atoms with Crippen LogP contribution in [-0.4, -0.2) is 66.8 Å². The molecule has 1 spiro atoms. The van der Waals surface area contributed by atoms with Crippen LogP contribution in [0.4, 0.5) is 5.69 Å². The fraction of sp³-hybridized carbons (Fsp3) is 0.615. The Morgan fingerprint density at radius 1 is 1.27 bits per heavy atom. The Morgan fingerprint density at radius 3 is 2.70 bits per heavy atom. The van der Waals surface area contributed by atoms with Crippen molar-refractivity contribution in [2.75, 3.05) is 38.3 Å². The first kappa shape index (κ1) is 23.8. The van der Waals surface area contributed by atoms with Crippen LogP contribution in [0.5, 0.6) is 0 Å². The van der Waals surface area contributed by atoms with Crippen LogP contribution >= 0.6 is 0 Å². The lowest BCUT2D eigenvalue weighted by molar-refractivity contribution is -0.218. The molecule has 0 aliphatic carbocycles. The molecular weight excluding hydrogens is 418 g/mol. The second-order valence-electron chi connectivity index (χ2n) is 9.79. The Labute approximate surface area is 197 Å². The van der Waals surface area contributed by atoms with Crippen molar-refractivity contribution in [3.63, 3.8) is 0 Å². The molecule has 1 amide bonds. The van der Waals surface area contributed by atoms with E-state index >= 15 is 0 Å². The van der Waals surface area contributed by atoms with Crippen molar-refractivity contribution in [1.29, 1.82) is 0 Å². The van der Waals surface area contributed by atoms with Crippen LogP contribution in [0.3, 0.4) is 0 Å². The fourth-order valence-corrected chi connectivity index (χ4v) is 5.83. The Morgan fingerprint density at radius 2 is 2.03 bits per heavy atom. The number of hydroxylamine groups is 2. The predicted molar refractivity (Wildman–Crippen MR) is 128 cm³/mol. The van der Waals surface area contributed by atoms with Gasteiger partial charge in [0.1, 0.15) is 0 Å². The van der Waals surface area contributed by atoms with E-state index in [4.69, 9.17) is 9.57 Å². The van der Waals surface area contributed by atoms with E-state index in [1.54, 1.807) is 6.08 Å². The summed E-state index contributed by atoms with van der Waals surface area (Å²) in [5, 5.41) is 1.47. The average Bonchev–Trinajstić information content (AvgIpc) is 3.08. The summed E-state index contributed by atoms with van der Waals surface area (Å²) in [6.07, 6.45) is 5.46. The van der Waals surface area contributed by atoms with Gasteiger partial charge in [-0.05, 0) is 56.7 Å². The maximum atomic E-state index is 12.7. The lowest BCUT2D eigenvalue weighted by Gasteiger charge is -2.45. The number of methoxy groups -OCH3 is 1. The fourth-order valence-electron chi connectivity index (χ4n) is 5.83. The summed E-state index contributed by atoms with van der Waals surface area (Å²) >= 11 is 0. The molecule has 3 aliphatic heterocycles. The Hall–Kier alpha value is -2.38. The van der Waals surface area contributed by atoms with Crippen LogP contribution in [-0.2, 0) is 32.1 Å². The minimum absolute atomic E-state index is 0.140. The number of amides is 1. The predicted octanol–water partition coefficient (Wildman–Crippen LogP) is 3.32. The number of piperidine rings is 1. The van der Waals surface area contributed by atoms with E-state index in [-0.39, 0.29) is 24.9 Å². The number of aryl methyl sites for hydroxylation is 1. The van der Waals surface area contributed by atoms with Crippen molar-refractivity contribution in [2.45, 2.75) is 64.1 Å². The number of nitrogens with zero attached hydrogens (tertiary/aromatic N) is 3. The van der Waals surface area contributed by atoms with E-state index in [0.717, 1.165) is 32.6 Å². The van der Waals surface area contributed by atoms with E-state index in [0.29, 0.717) is 18.9 Å². The summed E-state index contributed by atoms with van der Waals surface area (Å²) in [5.74, 6) is -0.969. The van der Waals surface area contributed by atoms with Crippen molar-refractivity contribution >= 4 is 17.6 Å². The highest BCUT2D eigenvalue weighted by Crippen LogP contribution is 2.44. The van der Waals surface area contributed by atoms with Crippen LogP contribution in [0.2, 0.25) is 0 Å². The molecule has 3 heterocycles. The van der Waals surface area contributed by atoms with E-state index in [9.17, 15) is 9.59 Å². The number of ether oxygens (including phenoxy) is 1. The topological polar surface area (TPSA) is 62.3 Å². The van der Waals surface area contributed by atoms with E-state index in [1.807, 2.05) is 0 Å². The van der Waals surface area contributed by atoms with Crippen LogP contribution in [0.15, 0.2) is 30.9 Å². The zero-order chi connectivity index (χ0) is 23.6. The first-order valence-corrected chi connectivity index (χ1v) is 12.1. The number of anilines is 1. The third kappa shape index (κ3) is 4.53. The maximum absolute atomic E-state index is 12.7. The van der Waals surface area contributed by atoms with Crippen molar-refractivity contribution < 1.29 is 19.2 Å². The standard InChI is InChI=1S/C26H37N3O4/c1-5-15-33-29-24(30)17-22(25(31)32-4)26(29)10-13-27(14-11-26)18-20-8-9-23-21(16-20)7-6-12-28(23)19(2)3/h5,8-9,16,19,22H,1,6-7,10-15,17-18H2,2-4H3. The van der Waals surface area contributed by atoms with Gasteiger partial charge in [0, 0.05) is 44.3 Å². The average molecular weight is 456 g/mol. The van der Waals surface area contributed by atoms with Crippen molar-refractivity contribution in [2.24, 2.45) is 5.92 Å². The van der Waals surface area contributed by atoms with Gasteiger partial charge in [0.2, 0.25) is 5.91 Å². The van der Waals surface area contributed by atoms with Crippen molar-refractivity contribution in [1.82, 2.24) is 9.96 Å². The molecule has 7 heteroatoms. The number of esters is 1. The van der Waals surface area contributed by atoms with Crippen molar-refractivity contribution in [3.05, 3.63) is 42.0 Å². The Kier molecular flexibility index (Phi) is 7.10. The quantitative estimate of drug-likeness (QED) is 0.464. The normalized spacial score (nSPS) is 22.7. The van der Waals surface area contributed by atoms with Gasteiger partial charge in [-0.2, -0.15) is 0 Å². The second kappa shape index (κ2) is 9.85. The number of likely N-dealkylation sites (tertiary alicyclic amines) is 1. The highest BCUT2D eigenvalue weighted by Gasteiger charge is 2.58. The first-order valence-electron chi connectivity index (χ1n) is 12.1. The largest absolute Gasteiger partial charge is 0.469 e. The lowest BCUT2D eigenvalue weighted by atomic mass is 9.77. The summed E-state index contributed by atoms with van der Waals surface area (Å²) < 4.78 is 5.05. The minimum Gasteiger partial charge on any atom is -0.469 e. The molecule has 0 N–H and O–H groups in total. The SMILES string of the molecule is C=CCON1C(=O)CC(C(=O)OC)C12CCN(Cc1ccc3c(c1)CCCN3C(C)C)CC2. The number of hydrogen-bond donors (Lipinski definition) is 0. The van der Waals surface area contributed by atoms with Crippen LogP contribution in [0.25, 0.3) is 0 Å². The number of benzene rings is 1. The Bertz CT molecular complexity index is 892. The van der Waals surface area contributed by atoms with Gasteiger partial charge < -0.3 is 9.64 Å². The zero-order valence-electron chi connectivity index (χ0n) is 20.2. The van der Waals surface area contributed by atoms with Gasteiger partial charge in [0.05, 0.1) is 25.2 Å². The number of carbonyl (C=O) groups is 2. The van der Waals surface area contributed by atoms with Gasteiger partial charge in [0.25, 0.3) is 0 Å². The summed E-state index contributed by atoms with van der Waals surface area (Å²) in [4.78, 5) is 35.9. The molecule has 2 fully saturated rings. The van der Waals surface area contributed by atoms with Crippen LogP contribution < -0.4 is 4.90 Å². The molecule has 1 aromatic rings. The summed E-state index contributed by atoms with van der Waals surface area (Å²) in [7, 11) is 1.39. The van der Waals surface area contributed by atoms with Gasteiger partial charge in [-0.25, -0.2) is 5.06 Å². The van der Waals surface area contributed by atoms with E-state index in [2.05, 4.69) is 48.4 Å². The first-order chi connectivity index (χ1) is 15.9. The van der Waals surface area contributed by atoms with Crippen LogP contribution in [0.1, 0.15) is 50.7 Å². The molecule has 4 rings (SSSR count). The van der Waals surface area contributed by atoms with Crippen molar-refractivity contribution in [3.8, 4) is 0 Å². The molecule has 1 aromatic carbocycles. The third-order valence-electron chi connectivity index (χ3n) is 7.52. The molecule has 1 atom stereocenters. The molecule has 3 aliphatic rings. The number of hydrogen-bond acceptors (Lipinski definition) is 6. The molecule has 0 saturated carbocycles. The molecular formula is C26H37N3O4. The van der Waals surface area contributed by atoms with Gasteiger partial charge in [-0.1, -0.05) is 18.2 Å².